The Bertz CT molecular complexity index is 1850. The van der Waals surface area contributed by atoms with Crippen molar-refractivity contribution in [1.29, 1.82) is 0 Å². The summed E-state index contributed by atoms with van der Waals surface area (Å²) < 4.78 is 38.3. The molecule has 1 saturated heterocycles. The summed E-state index contributed by atoms with van der Waals surface area (Å²) in [5.41, 5.74) is 2.88. The zero-order chi connectivity index (χ0) is 43.7. The first-order chi connectivity index (χ1) is 30.4. The SMILES string of the molecule is C=CCCOC(=O)N(CCOCCO)C1CC(=NOC2CCCCO2)C2=CC(CCCCO)C(CCCCO)C3c4cc(Oc5cccc(C=O)c5)ccc4OC1(OCC=C)C23. The number of aliphatic hydroxyl groups is 3. The Balaban J connectivity index is 1.57. The molecule has 0 spiro atoms. The molecule has 0 radical (unpaired) electrons. The highest BCUT2D eigenvalue weighted by atomic mass is 16.8. The van der Waals surface area contributed by atoms with Crippen molar-refractivity contribution in [1.82, 2.24) is 4.90 Å². The quantitative estimate of drug-likeness (QED) is 0.0389. The molecule has 2 aromatic carbocycles. The standard InChI is InChI=1S/C48H64N2O12/c1-3-5-25-58-47(55)50(20-27-56-28-23-53)43-32-41(49-62-44-17-8-11-26-57-44)39-30-35(14-6-9-21-51)38(16-7-10-22-52)45-40-31-37(60-36-15-12-13-34(29-36)33-54)18-19-42(40)61-48(43,46(39)45)59-24-4-2/h3-4,12-13,15,18-19,29-31,33,35,38,43-46,51-53H,1-2,5-11,14,16-17,20-28,32H2. The van der Waals surface area contributed by atoms with Crippen LogP contribution < -0.4 is 9.47 Å². The van der Waals surface area contributed by atoms with Crippen molar-refractivity contribution < 1.29 is 58.2 Å². The van der Waals surface area contributed by atoms with Gasteiger partial charge in [0, 0.05) is 49.6 Å². The molecule has 4 aliphatic rings. The maximum Gasteiger partial charge on any atom is 0.410 e. The van der Waals surface area contributed by atoms with E-state index in [9.17, 15) is 24.9 Å². The van der Waals surface area contributed by atoms with E-state index in [1.54, 1.807) is 41.3 Å². The van der Waals surface area contributed by atoms with Crippen LogP contribution in [0, 0.1) is 17.8 Å². The lowest BCUT2D eigenvalue weighted by Crippen LogP contribution is -2.70. The molecule has 62 heavy (non-hydrogen) atoms. The number of aldehydes is 1. The molecule has 14 heteroatoms. The normalized spacial score (nSPS) is 25.7. The number of aliphatic hydroxyl groups excluding tert-OH is 3. The summed E-state index contributed by atoms with van der Waals surface area (Å²) in [5.74, 6) is -0.762. The number of hydrogen-bond acceptors (Lipinski definition) is 13. The number of oxime groups is 1. The molecule has 2 aliphatic heterocycles. The molecular weight excluding hydrogens is 797 g/mol. The van der Waals surface area contributed by atoms with Gasteiger partial charge in [-0.2, -0.15) is 0 Å². The monoisotopic (exact) mass is 860 g/mol. The lowest BCUT2D eigenvalue weighted by atomic mass is 9.55. The van der Waals surface area contributed by atoms with E-state index < -0.39 is 30.1 Å². The summed E-state index contributed by atoms with van der Waals surface area (Å²) in [6.07, 6.45) is 12.8. The Morgan fingerprint density at radius 3 is 2.52 bits per heavy atom. The van der Waals surface area contributed by atoms with Crippen LogP contribution in [0.1, 0.15) is 92.5 Å². The van der Waals surface area contributed by atoms with Crippen molar-refractivity contribution in [3.8, 4) is 17.2 Å². The highest BCUT2D eigenvalue weighted by Crippen LogP contribution is 2.62. The molecular formula is C48H64N2O12. The highest BCUT2D eigenvalue weighted by molar-refractivity contribution is 6.03. The van der Waals surface area contributed by atoms with Gasteiger partial charge in [-0.05, 0) is 92.7 Å². The summed E-state index contributed by atoms with van der Waals surface area (Å²) in [6.45, 7) is 8.78. The van der Waals surface area contributed by atoms with E-state index in [1.807, 2.05) is 18.2 Å². The maximum absolute atomic E-state index is 14.4. The molecule has 0 aromatic heterocycles. The van der Waals surface area contributed by atoms with Gasteiger partial charge in [0.2, 0.25) is 12.1 Å². The molecule has 0 bridgehead atoms. The first-order valence-corrected chi connectivity index (χ1v) is 22.2. The van der Waals surface area contributed by atoms with Gasteiger partial charge in [0.1, 0.15) is 29.6 Å². The fourth-order valence-electron chi connectivity index (χ4n) is 9.43. The number of fused-ring (bicyclic) bond motifs is 2. The number of carbonyl (C=O) groups excluding carboxylic acids is 2. The summed E-state index contributed by atoms with van der Waals surface area (Å²) in [5, 5.41) is 34.3. The Labute approximate surface area is 365 Å². The molecule has 2 aromatic rings. The van der Waals surface area contributed by atoms with Gasteiger partial charge >= 0.3 is 6.09 Å². The van der Waals surface area contributed by atoms with Gasteiger partial charge in [-0.3, -0.25) is 9.69 Å². The zero-order valence-electron chi connectivity index (χ0n) is 35.8. The third kappa shape index (κ3) is 11.3. The first-order valence-electron chi connectivity index (χ1n) is 22.2. The number of nitrogens with zero attached hydrogens (tertiary/aromatic N) is 2. The highest BCUT2D eigenvalue weighted by Gasteiger charge is 2.65. The minimum absolute atomic E-state index is 0.0135. The van der Waals surface area contributed by atoms with Crippen LogP contribution in [-0.4, -0.2) is 116 Å². The lowest BCUT2D eigenvalue weighted by Gasteiger charge is -2.59. The zero-order valence-corrected chi connectivity index (χ0v) is 35.8. The molecule has 6 rings (SSSR count). The second kappa shape index (κ2) is 23.8. The van der Waals surface area contributed by atoms with Crippen LogP contribution in [0.5, 0.6) is 17.2 Å². The summed E-state index contributed by atoms with van der Waals surface area (Å²) in [4.78, 5) is 33.9. The number of ether oxygens (including phenoxy) is 6. The molecule has 2 heterocycles. The predicted octanol–water partition coefficient (Wildman–Crippen LogP) is 7.48. The molecule has 1 amide bonds. The third-order valence-corrected chi connectivity index (χ3v) is 12.2. The molecule has 7 atom stereocenters. The number of unbranched alkanes of at least 4 members (excludes halogenated alkanes) is 2. The van der Waals surface area contributed by atoms with Crippen molar-refractivity contribution in [3.63, 3.8) is 0 Å². The number of allylic oxidation sites excluding steroid dienone is 1. The smallest absolute Gasteiger partial charge is 0.410 e. The Hall–Kier alpha value is -4.57. The predicted molar refractivity (Wildman–Crippen MR) is 232 cm³/mol. The van der Waals surface area contributed by atoms with Gasteiger partial charge in [0.25, 0.3) is 0 Å². The fourth-order valence-corrected chi connectivity index (χ4v) is 9.43. The minimum atomic E-state index is -1.52. The van der Waals surface area contributed by atoms with Crippen LogP contribution in [0.3, 0.4) is 0 Å². The van der Waals surface area contributed by atoms with Crippen LogP contribution in [0.25, 0.3) is 0 Å². The van der Waals surface area contributed by atoms with E-state index in [4.69, 9.17) is 38.4 Å². The average molecular weight is 861 g/mol. The molecule has 7 unspecified atom stereocenters. The summed E-state index contributed by atoms with van der Waals surface area (Å²) in [6, 6.07) is 11.8. The van der Waals surface area contributed by atoms with Gasteiger partial charge < -0.3 is 48.6 Å². The second-order valence-corrected chi connectivity index (χ2v) is 16.2. The van der Waals surface area contributed by atoms with E-state index in [-0.39, 0.29) is 77.0 Å². The molecule has 338 valence electrons. The van der Waals surface area contributed by atoms with E-state index in [1.165, 1.54) is 0 Å². The van der Waals surface area contributed by atoms with Crippen molar-refractivity contribution in [3.05, 3.63) is 90.6 Å². The van der Waals surface area contributed by atoms with E-state index in [2.05, 4.69) is 19.2 Å². The van der Waals surface area contributed by atoms with Gasteiger partial charge in [-0.15, -0.1) is 13.2 Å². The van der Waals surface area contributed by atoms with Gasteiger partial charge in [0.15, 0.2) is 0 Å². The minimum Gasteiger partial charge on any atom is -0.459 e. The first kappa shape index (κ1) is 46.9. The van der Waals surface area contributed by atoms with Gasteiger partial charge in [0.05, 0.1) is 51.3 Å². The molecule has 3 N–H and O–H groups in total. The van der Waals surface area contributed by atoms with Crippen LogP contribution >= 0.6 is 0 Å². The van der Waals surface area contributed by atoms with E-state index >= 15 is 0 Å². The Morgan fingerprint density at radius 2 is 1.77 bits per heavy atom. The Morgan fingerprint density at radius 1 is 0.952 bits per heavy atom. The van der Waals surface area contributed by atoms with Gasteiger partial charge in [-0.25, -0.2) is 4.79 Å². The largest absolute Gasteiger partial charge is 0.459 e. The number of carbonyl (C=O) groups is 2. The van der Waals surface area contributed by atoms with Crippen molar-refractivity contribution >= 4 is 18.1 Å². The molecule has 2 aliphatic carbocycles. The van der Waals surface area contributed by atoms with Crippen LogP contribution in [-0.2, 0) is 23.8 Å². The summed E-state index contributed by atoms with van der Waals surface area (Å²) >= 11 is 0. The average Bonchev–Trinajstić information content (AvgIpc) is 3.29. The van der Waals surface area contributed by atoms with Crippen molar-refractivity contribution in [2.45, 2.75) is 94.7 Å². The molecule has 2 fully saturated rings. The van der Waals surface area contributed by atoms with Crippen LogP contribution in [0.2, 0.25) is 0 Å². The van der Waals surface area contributed by atoms with Crippen LogP contribution in [0.15, 0.2) is 84.6 Å². The topological polar surface area (TPSA) is 175 Å². The number of benzene rings is 2. The molecule has 14 nitrogen and oxygen atoms in total. The third-order valence-electron chi connectivity index (χ3n) is 12.2. The van der Waals surface area contributed by atoms with Gasteiger partial charge in [-0.1, -0.05) is 48.4 Å². The molecule has 1 saturated carbocycles. The van der Waals surface area contributed by atoms with Crippen LogP contribution in [0.4, 0.5) is 4.79 Å². The maximum atomic E-state index is 14.4. The summed E-state index contributed by atoms with van der Waals surface area (Å²) in [7, 11) is 0. The number of amides is 1. The van der Waals surface area contributed by atoms with E-state index in [0.717, 1.165) is 55.9 Å². The number of rotatable bonds is 25. The van der Waals surface area contributed by atoms with Crippen molar-refractivity contribution in [2.75, 3.05) is 59.4 Å². The number of hydrogen-bond donors (Lipinski definition) is 3. The second-order valence-electron chi connectivity index (χ2n) is 16.2. The Kier molecular flexibility index (Phi) is 18.0. The fraction of sp³-hybridized carbons (Fsp3) is 0.562. The van der Waals surface area contributed by atoms with Crippen molar-refractivity contribution in [2.24, 2.45) is 22.9 Å². The van der Waals surface area contributed by atoms with E-state index in [0.29, 0.717) is 60.8 Å². The lowest BCUT2D eigenvalue weighted by molar-refractivity contribution is -0.256.